The number of ether oxygens (including phenoxy) is 2. The third-order valence-electron chi connectivity index (χ3n) is 6.97. The Kier molecular flexibility index (Phi) is 11.3. The molecule has 6 aromatic rings. The van der Waals surface area contributed by atoms with Gasteiger partial charge in [-0.25, -0.2) is 18.7 Å². The molecular weight excluding hydrogens is 655 g/mol. The van der Waals surface area contributed by atoms with Crippen molar-refractivity contribution < 1.29 is 27.8 Å². The molecule has 0 saturated heterocycles. The fraction of sp³-hybridized carbons (Fsp3) is 0.222. The Hall–Kier alpha value is -4.94. The van der Waals surface area contributed by atoms with E-state index in [0.29, 0.717) is 21.8 Å². The third kappa shape index (κ3) is 8.69. The Bertz CT molecular complexity index is 1770. The number of amides is 2. The lowest BCUT2D eigenvalue weighted by molar-refractivity contribution is -0.121. The molecule has 0 unspecified atom stereocenters. The van der Waals surface area contributed by atoms with Gasteiger partial charge in [0.05, 0.1) is 20.4 Å². The molecular formula is C36H34F2N4O4S2. The van der Waals surface area contributed by atoms with Crippen LogP contribution in [0.2, 0.25) is 0 Å². The van der Waals surface area contributed by atoms with Gasteiger partial charge in [-0.2, -0.15) is 0 Å². The number of aromatic nitrogens is 2. The summed E-state index contributed by atoms with van der Waals surface area (Å²) in [5.41, 5.74) is 2.99. The molecule has 0 saturated carbocycles. The first-order chi connectivity index (χ1) is 23.1. The van der Waals surface area contributed by atoms with Gasteiger partial charge >= 0.3 is 0 Å². The monoisotopic (exact) mass is 688 g/mol. The van der Waals surface area contributed by atoms with Crippen molar-refractivity contribution in [1.82, 2.24) is 9.97 Å². The molecule has 0 N–H and O–H groups in total. The zero-order valence-corrected chi connectivity index (χ0v) is 28.4. The third-order valence-corrected chi connectivity index (χ3v) is 8.86. The van der Waals surface area contributed by atoms with Gasteiger partial charge in [0, 0.05) is 23.5 Å². The van der Waals surface area contributed by atoms with E-state index in [1.54, 1.807) is 34.1 Å². The molecule has 0 radical (unpaired) electrons. The largest absolute Gasteiger partial charge is 0.460 e. The lowest BCUT2D eigenvalue weighted by Crippen LogP contribution is -2.40. The Balaban J connectivity index is 0.000000188. The van der Waals surface area contributed by atoms with Crippen LogP contribution in [0.15, 0.2) is 97.1 Å². The van der Waals surface area contributed by atoms with Crippen molar-refractivity contribution in [2.75, 3.05) is 23.0 Å². The number of carbonyl (C=O) groups is 2. The SMILES string of the molecule is CC(C)N(C(=O)COc1nc2ccccc2s1)c1ccc(F)cc1.CC(C)N(C(=O)COc1nc2ccccc2s1)c1ccc(F)cc1. The molecule has 0 aliphatic rings. The number of hydrogen-bond donors (Lipinski definition) is 0. The molecule has 248 valence electrons. The quantitative estimate of drug-likeness (QED) is 0.144. The van der Waals surface area contributed by atoms with Gasteiger partial charge in [0.15, 0.2) is 13.2 Å². The van der Waals surface area contributed by atoms with E-state index in [1.807, 2.05) is 76.2 Å². The minimum absolute atomic E-state index is 0.0677. The van der Waals surface area contributed by atoms with E-state index in [1.165, 1.54) is 46.9 Å². The summed E-state index contributed by atoms with van der Waals surface area (Å²) in [4.78, 5) is 37.0. The zero-order valence-electron chi connectivity index (χ0n) is 26.8. The van der Waals surface area contributed by atoms with E-state index in [9.17, 15) is 18.4 Å². The molecule has 2 heterocycles. The maximum atomic E-state index is 13.1. The molecule has 4 aromatic carbocycles. The number of fused-ring (bicyclic) bond motifs is 2. The fourth-order valence-corrected chi connectivity index (χ4v) is 6.50. The van der Waals surface area contributed by atoms with Crippen molar-refractivity contribution in [3.63, 3.8) is 0 Å². The number of anilines is 2. The number of rotatable bonds is 10. The number of benzene rings is 4. The van der Waals surface area contributed by atoms with Crippen LogP contribution in [-0.4, -0.2) is 47.1 Å². The van der Waals surface area contributed by atoms with Crippen LogP contribution in [0.4, 0.5) is 20.2 Å². The van der Waals surface area contributed by atoms with Crippen LogP contribution >= 0.6 is 22.7 Å². The highest BCUT2D eigenvalue weighted by atomic mass is 32.1. The van der Waals surface area contributed by atoms with Crippen molar-refractivity contribution in [3.8, 4) is 10.4 Å². The van der Waals surface area contributed by atoms with Gasteiger partial charge in [0.25, 0.3) is 22.2 Å². The van der Waals surface area contributed by atoms with E-state index < -0.39 is 0 Å². The number of nitrogens with zero attached hydrogens (tertiary/aromatic N) is 4. The van der Waals surface area contributed by atoms with E-state index in [2.05, 4.69) is 9.97 Å². The predicted molar refractivity (Wildman–Crippen MR) is 188 cm³/mol. The summed E-state index contributed by atoms with van der Waals surface area (Å²) < 4.78 is 39.3. The van der Waals surface area contributed by atoms with Crippen molar-refractivity contribution in [3.05, 3.63) is 109 Å². The Labute approximate surface area is 285 Å². The van der Waals surface area contributed by atoms with E-state index in [-0.39, 0.29) is 48.7 Å². The highest BCUT2D eigenvalue weighted by molar-refractivity contribution is 7.20. The molecule has 0 atom stereocenters. The number of halogens is 2. The topological polar surface area (TPSA) is 84.9 Å². The summed E-state index contributed by atoms with van der Waals surface area (Å²) in [6, 6.07) is 27.0. The van der Waals surface area contributed by atoms with Crippen LogP contribution in [0, 0.1) is 11.6 Å². The van der Waals surface area contributed by atoms with Crippen molar-refractivity contribution in [2.24, 2.45) is 0 Å². The van der Waals surface area contributed by atoms with Crippen LogP contribution < -0.4 is 19.3 Å². The second-order valence-corrected chi connectivity index (χ2v) is 13.1. The molecule has 0 aliphatic carbocycles. The maximum Gasteiger partial charge on any atom is 0.274 e. The molecule has 0 fully saturated rings. The molecule has 0 aliphatic heterocycles. The van der Waals surface area contributed by atoms with Gasteiger partial charge in [-0.1, -0.05) is 46.9 Å². The van der Waals surface area contributed by atoms with Crippen LogP contribution in [-0.2, 0) is 9.59 Å². The number of thiazole rings is 2. The lowest BCUT2D eigenvalue weighted by atomic mass is 10.2. The molecule has 48 heavy (non-hydrogen) atoms. The molecule has 12 heteroatoms. The Morgan fingerprint density at radius 3 is 1.29 bits per heavy atom. The summed E-state index contributed by atoms with van der Waals surface area (Å²) in [6.45, 7) is 7.38. The lowest BCUT2D eigenvalue weighted by Gasteiger charge is -2.26. The Morgan fingerprint density at radius 1 is 0.604 bits per heavy atom. The number of carbonyl (C=O) groups excluding carboxylic acids is 2. The second-order valence-electron chi connectivity index (χ2n) is 11.1. The van der Waals surface area contributed by atoms with Crippen LogP contribution in [0.1, 0.15) is 27.7 Å². The summed E-state index contributed by atoms with van der Waals surface area (Å²) in [5.74, 6) is -1.06. The minimum Gasteiger partial charge on any atom is -0.460 e. The van der Waals surface area contributed by atoms with Gasteiger partial charge in [-0.3, -0.25) is 9.59 Å². The van der Waals surface area contributed by atoms with Gasteiger partial charge < -0.3 is 19.3 Å². The smallest absolute Gasteiger partial charge is 0.274 e. The molecule has 0 bridgehead atoms. The van der Waals surface area contributed by atoms with E-state index in [0.717, 1.165) is 20.4 Å². The van der Waals surface area contributed by atoms with Crippen LogP contribution in [0.25, 0.3) is 20.4 Å². The summed E-state index contributed by atoms with van der Waals surface area (Å²) >= 11 is 2.81. The van der Waals surface area contributed by atoms with Crippen molar-refractivity contribution in [2.45, 2.75) is 39.8 Å². The fourth-order valence-electron chi connectivity index (χ4n) is 4.88. The first kappa shape index (κ1) is 34.4. The molecule has 0 spiro atoms. The van der Waals surface area contributed by atoms with E-state index in [4.69, 9.17) is 9.47 Å². The molecule has 2 amide bonds. The highest BCUT2D eigenvalue weighted by Crippen LogP contribution is 2.29. The average molecular weight is 689 g/mol. The van der Waals surface area contributed by atoms with Gasteiger partial charge in [0.2, 0.25) is 0 Å². The van der Waals surface area contributed by atoms with Gasteiger partial charge in [-0.05, 0) is 100 Å². The summed E-state index contributed by atoms with van der Waals surface area (Å²) in [6.07, 6.45) is 0. The molecule has 2 aromatic heterocycles. The molecule has 6 rings (SSSR count). The number of hydrogen-bond acceptors (Lipinski definition) is 8. The summed E-state index contributed by atoms with van der Waals surface area (Å²) in [5, 5.41) is 0.930. The minimum atomic E-state index is -0.333. The first-order valence-corrected chi connectivity index (χ1v) is 16.8. The molecule has 8 nitrogen and oxygen atoms in total. The number of para-hydroxylation sites is 2. The normalized spacial score (nSPS) is 11.0. The second kappa shape index (κ2) is 15.8. The Morgan fingerprint density at radius 2 is 0.958 bits per heavy atom. The van der Waals surface area contributed by atoms with Gasteiger partial charge in [0.1, 0.15) is 11.6 Å². The van der Waals surface area contributed by atoms with Crippen molar-refractivity contribution >= 4 is 66.3 Å². The first-order valence-electron chi connectivity index (χ1n) is 15.2. The maximum absolute atomic E-state index is 13.1. The predicted octanol–water partition coefficient (Wildman–Crippen LogP) is 8.51. The standard InChI is InChI=1S/2C18H17FN2O2S/c2*1-12(2)21(14-9-7-13(19)8-10-14)17(22)11-23-18-20-15-5-3-4-6-16(15)24-18/h2*3-10,12H,11H2,1-2H3. The summed E-state index contributed by atoms with van der Waals surface area (Å²) in [7, 11) is 0. The van der Waals surface area contributed by atoms with Gasteiger partial charge in [-0.15, -0.1) is 0 Å². The van der Waals surface area contributed by atoms with E-state index >= 15 is 0 Å². The highest BCUT2D eigenvalue weighted by Gasteiger charge is 2.21. The average Bonchev–Trinajstić information content (AvgIpc) is 3.68. The van der Waals surface area contributed by atoms with Crippen molar-refractivity contribution in [1.29, 1.82) is 0 Å². The van der Waals surface area contributed by atoms with Crippen LogP contribution in [0.5, 0.6) is 10.4 Å². The van der Waals surface area contributed by atoms with Crippen LogP contribution in [0.3, 0.4) is 0 Å². The zero-order chi connectivity index (χ0) is 34.2.